The predicted molar refractivity (Wildman–Crippen MR) is 55.4 cm³/mol. The first-order chi connectivity index (χ1) is 5.04. The SMILES string of the molecule is CCC(C)(CS)CNC(C)C. The van der Waals surface area contributed by atoms with Crippen molar-refractivity contribution in [3.63, 3.8) is 0 Å². The molecule has 0 fully saturated rings. The van der Waals surface area contributed by atoms with Gasteiger partial charge in [-0.2, -0.15) is 12.6 Å². The Kier molecular flexibility index (Phi) is 5.19. The quantitative estimate of drug-likeness (QED) is 0.611. The Bertz CT molecular complexity index is 97.7. The van der Waals surface area contributed by atoms with E-state index in [2.05, 4.69) is 45.6 Å². The molecule has 0 aliphatic carbocycles. The Morgan fingerprint density at radius 1 is 1.45 bits per heavy atom. The molecule has 0 aliphatic rings. The summed E-state index contributed by atoms with van der Waals surface area (Å²) in [6, 6.07) is 0.584. The van der Waals surface area contributed by atoms with E-state index >= 15 is 0 Å². The minimum atomic E-state index is 0.368. The Morgan fingerprint density at radius 2 is 2.00 bits per heavy atom. The highest BCUT2D eigenvalue weighted by Crippen LogP contribution is 2.21. The van der Waals surface area contributed by atoms with E-state index in [1.54, 1.807) is 0 Å². The summed E-state index contributed by atoms with van der Waals surface area (Å²) in [5.74, 6) is 0.962. The van der Waals surface area contributed by atoms with Crippen LogP contribution in [0.2, 0.25) is 0 Å². The minimum Gasteiger partial charge on any atom is -0.314 e. The number of hydrogen-bond donors (Lipinski definition) is 2. The molecular weight excluding hydrogens is 154 g/mol. The number of thiol groups is 1. The van der Waals surface area contributed by atoms with Crippen LogP contribution in [0.1, 0.15) is 34.1 Å². The summed E-state index contributed by atoms with van der Waals surface area (Å²) < 4.78 is 0. The highest BCUT2D eigenvalue weighted by Gasteiger charge is 2.19. The lowest BCUT2D eigenvalue weighted by Gasteiger charge is -2.27. The first-order valence-electron chi connectivity index (χ1n) is 4.38. The smallest absolute Gasteiger partial charge is 0.00152 e. The summed E-state index contributed by atoms with van der Waals surface area (Å²) in [6.45, 7) is 9.92. The van der Waals surface area contributed by atoms with E-state index in [-0.39, 0.29) is 0 Å². The predicted octanol–water partition coefficient (Wildman–Crippen LogP) is 2.33. The third-order valence-corrected chi connectivity index (χ3v) is 2.94. The molecule has 0 aromatic rings. The Morgan fingerprint density at radius 3 is 2.27 bits per heavy atom. The van der Waals surface area contributed by atoms with E-state index in [0.29, 0.717) is 11.5 Å². The summed E-state index contributed by atoms with van der Waals surface area (Å²) in [6.07, 6.45) is 1.19. The van der Waals surface area contributed by atoms with Gasteiger partial charge < -0.3 is 5.32 Å². The summed E-state index contributed by atoms with van der Waals surface area (Å²) in [5, 5.41) is 3.44. The van der Waals surface area contributed by atoms with Gasteiger partial charge in [0.15, 0.2) is 0 Å². The van der Waals surface area contributed by atoms with Gasteiger partial charge in [-0.05, 0) is 17.6 Å². The lowest BCUT2D eigenvalue weighted by atomic mass is 9.90. The third-order valence-electron chi connectivity index (χ3n) is 2.17. The van der Waals surface area contributed by atoms with Crippen molar-refractivity contribution in [3.8, 4) is 0 Å². The summed E-state index contributed by atoms with van der Waals surface area (Å²) in [7, 11) is 0. The molecule has 1 nitrogen and oxygen atoms in total. The maximum atomic E-state index is 4.34. The molecular formula is C9H21NS. The van der Waals surface area contributed by atoms with Crippen molar-refractivity contribution < 1.29 is 0 Å². The molecule has 11 heavy (non-hydrogen) atoms. The number of rotatable bonds is 5. The molecule has 1 unspecified atom stereocenters. The Balaban J connectivity index is 3.69. The van der Waals surface area contributed by atoms with Crippen LogP contribution in [0, 0.1) is 5.41 Å². The van der Waals surface area contributed by atoms with E-state index < -0.39 is 0 Å². The van der Waals surface area contributed by atoms with Crippen LogP contribution in [-0.4, -0.2) is 18.3 Å². The third kappa shape index (κ3) is 4.70. The van der Waals surface area contributed by atoms with Crippen LogP contribution in [-0.2, 0) is 0 Å². The molecule has 0 radical (unpaired) electrons. The topological polar surface area (TPSA) is 12.0 Å². The first kappa shape index (κ1) is 11.3. The lowest BCUT2D eigenvalue weighted by Crippen LogP contribution is -2.36. The molecule has 68 valence electrons. The van der Waals surface area contributed by atoms with E-state index in [4.69, 9.17) is 0 Å². The molecule has 0 heterocycles. The number of nitrogens with one attached hydrogen (secondary N) is 1. The molecule has 0 aromatic carbocycles. The van der Waals surface area contributed by atoms with Crippen molar-refractivity contribution in [3.05, 3.63) is 0 Å². The summed E-state index contributed by atoms with van der Waals surface area (Å²) in [5.41, 5.74) is 0.368. The molecule has 0 spiro atoms. The van der Waals surface area contributed by atoms with Crippen LogP contribution < -0.4 is 5.32 Å². The average molecular weight is 175 g/mol. The van der Waals surface area contributed by atoms with Gasteiger partial charge in [-0.3, -0.25) is 0 Å². The van der Waals surface area contributed by atoms with Crippen LogP contribution >= 0.6 is 12.6 Å². The van der Waals surface area contributed by atoms with Gasteiger partial charge >= 0.3 is 0 Å². The Hall–Kier alpha value is 0.310. The highest BCUT2D eigenvalue weighted by atomic mass is 32.1. The van der Waals surface area contributed by atoms with Crippen LogP contribution in [0.15, 0.2) is 0 Å². The Labute approximate surface area is 76.4 Å². The minimum absolute atomic E-state index is 0.368. The zero-order valence-corrected chi connectivity index (χ0v) is 9.04. The van der Waals surface area contributed by atoms with Gasteiger partial charge in [-0.1, -0.05) is 27.7 Å². The van der Waals surface area contributed by atoms with Crippen molar-refractivity contribution in [1.82, 2.24) is 5.32 Å². The van der Waals surface area contributed by atoms with E-state index in [9.17, 15) is 0 Å². The second-order valence-electron chi connectivity index (χ2n) is 3.86. The largest absolute Gasteiger partial charge is 0.314 e. The second-order valence-corrected chi connectivity index (χ2v) is 4.17. The van der Waals surface area contributed by atoms with Gasteiger partial charge in [-0.15, -0.1) is 0 Å². The van der Waals surface area contributed by atoms with Gasteiger partial charge in [0.25, 0.3) is 0 Å². The highest BCUT2D eigenvalue weighted by molar-refractivity contribution is 7.80. The number of hydrogen-bond acceptors (Lipinski definition) is 2. The molecule has 0 amide bonds. The fourth-order valence-corrected chi connectivity index (χ4v) is 1.08. The standard InChI is InChI=1S/C9H21NS/c1-5-9(4,7-11)6-10-8(2)3/h8,10-11H,5-7H2,1-4H3. The van der Waals surface area contributed by atoms with Crippen LogP contribution in [0.5, 0.6) is 0 Å². The van der Waals surface area contributed by atoms with Crippen molar-refractivity contribution in [2.24, 2.45) is 5.41 Å². The van der Waals surface area contributed by atoms with Crippen molar-refractivity contribution >= 4 is 12.6 Å². The second kappa shape index (κ2) is 5.04. The lowest BCUT2D eigenvalue weighted by molar-refractivity contribution is 0.325. The molecule has 0 saturated carbocycles. The summed E-state index contributed by atoms with van der Waals surface area (Å²) in [4.78, 5) is 0. The molecule has 1 atom stereocenters. The fraction of sp³-hybridized carbons (Fsp3) is 1.00. The van der Waals surface area contributed by atoms with Crippen molar-refractivity contribution in [2.75, 3.05) is 12.3 Å². The van der Waals surface area contributed by atoms with Crippen LogP contribution in [0.4, 0.5) is 0 Å². The van der Waals surface area contributed by atoms with Crippen LogP contribution in [0.3, 0.4) is 0 Å². The zero-order chi connectivity index (χ0) is 8.91. The maximum Gasteiger partial charge on any atom is 0.00152 e. The maximum absolute atomic E-state index is 4.34. The first-order valence-corrected chi connectivity index (χ1v) is 5.01. The molecule has 0 rings (SSSR count). The molecule has 2 heteroatoms. The normalized spacial score (nSPS) is 16.9. The van der Waals surface area contributed by atoms with Gasteiger partial charge in [0.05, 0.1) is 0 Å². The van der Waals surface area contributed by atoms with Gasteiger partial charge in [0, 0.05) is 12.6 Å². The molecule has 0 aromatic heterocycles. The molecule has 0 saturated heterocycles. The molecule has 1 N–H and O–H groups in total. The van der Waals surface area contributed by atoms with Crippen LogP contribution in [0.25, 0.3) is 0 Å². The zero-order valence-electron chi connectivity index (χ0n) is 8.15. The molecule has 0 bridgehead atoms. The van der Waals surface area contributed by atoms with Crippen molar-refractivity contribution in [2.45, 2.75) is 40.2 Å². The van der Waals surface area contributed by atoms with Gasteiger partial charge in [-0.25, -0.2) is 0 Å². The molecule has 0 aliphatic heterocycles. The monoisotopic (exact) mass is 175 g/mol. The van der Waals surface area contributed by atoms with E-state index in [0.717, 1.165) is 12.3 Å². The van der Waals surface area contributed by atoms with Gasteiger partial charge in [0.2, 0.25) is 0 Å². The van der Waals surface area contributed by atoms with E-state index in [1.165, 1.54) is 6.42 Å². The average Bonchev–Trinajstić information content (AvgIpc) is 2.00. The van der Waals surface area contributed by atoms with Crippen molar-refractivity contribution in [1.29, 1.82) is 0 Å². The van der Waals surface area contributed by atoms with E-state index in [1.807, 2.05) is 0 Å². The fourth-order valence-electron chi connectivity index (χ4n) is 0.743. The summed E-state index contributed by atoms with van der Waals surface area (Å²) >= 11 is 4.34. The van der Waals surface area contributed by atoms with Gasteiger partial charge in [0.1, 0.15) is 0 Å².